The average molecular weight is 602 g/mol. The Labute approximate surface area is 233 Å². The Kier molecular flexibility index (Phi) is 11.2. The second kappa shape index (κ2) is 14.2. The van der Waals surface area contributed by atoms with Gasteiger partial charge in [0.05, 0.1) is 31.3 Å². The van der Waals surface area contributed by atoms with E-state index in [1.54, 1.807) is 26.6 Å². The molecule has 1 atom stereocenters. The number of carboxylic acids is 2. The molecule has 2 aromatic heterocycles. The van der Waals surface area contributed by atoms with Gasteiger partial charge in [-0.05, 0) is 59.5 Å². The standard InChI is InChI=1S/C22H22N4O2.2C2HF3O2/c1-27-20-6-3-14(12-21(20)28-2)11-17(23)22-25-18-5-4-16(13-19(18)26-22)15-7-9-24-10-8-15;2*3-2(4,5)1(6)7/h3-10,12-13,17H,11,23H2,1-2H3,(H,25,26);2*(H,6,7). The molecule has 42 heavy (non-hydrogen) atoms. The fourth-order valence-corrected chi connectivity index (χ4v) is 3.29. The molecular formula is C26H24F6N4O6. The molecule has 4 aromatic rings. The molecule has 0 bridgehead atoms. The number of nitrogens with zero attached hydrogens (tertiary/aromatic N) is 2. The number of hydrogen-bond donors (Lipinski definition) is 4. The predicted octanol–water partition coefficient (Wildman–Crippen LogP) is 5.15. The molecule has 0 aliphatic carbocycles. The SMILES string of the molecule is COc1ccc(CC(N)c2nc3ccc(-c4ccncc4)cc3[nH]2)cc1OC.O=C(O)C(F)(F)F.O=C(O)C(F)(F)F. The number of H-pyrrole nitrogens is 1. The fourth-order valence-electron chi connectivity index (χ4n) is 3.29. The van der Waals surface area contributed by atoms with Crippen LogP contribution in [0.4, 0.5) is 26.3 Å². The normalized spacial score (nSPS) is 11.8. The van der Waals surface area contributed by atoms with Crippen LogP contribution in [0.2, 0.25) is 0 Å². The molecule has 0 spiro atoms. The molecule has 5 N–H and O–H groups in total. The smallest absolute Gasteiger partial charge is 0.490 e. The van der Waals surface area contributed by atoms with Crippen LogP contribution in [0.15, 0.2) is 60.9 Å². The van der Waals surface area contributed by atoms with Gasteiger partial charge in [-0.2, -0.15) is 26.3 Å². The number of hydrogen-bond acceptors (Lipinski definition) is 7. The molecule has 0 amide bonds. The van der Waals surface area contributed by atoms with Gasteiger partial charge in [0.15, 0.2) is 11.5 Å². The van der Waals surface area contributed by atoms with E-state index < -0.39 is 24.3 Å². The number of aliphatic carboxylic acids is 2. The lowest BCUT2D eigenvalue weighted by atomic mass is 10.1. The second-order valence-electron chi connectivity index (χ2n) is 8.20. The van der Waals surface area contributed by atoms with Crippen molar-refractivity contribution in [3.05, 3.63) is 72.3 Å². The Morgan fingerprint density at radius 1 is 0.857 bits per heavy atom. The Balaban J connectivity index is 0.000000367. The number of nitrogens with one attached hydrogen (secondary N) is 1. The van der Waals surface area contributed by atoms with E-state index in [9.17, 15) is 26.3 Å². The Morgan fingerprint density at radius 3 is 1.90 bits per heavy atom. The van der Waals surface area contributed by atoms with Gasteiger partial charge in [-0.15, -0.1) is 0 Å². The number of nitrogens with two attached hydrogens (primary N) is 1. The van der Waals surface area contributed by atoms with Gasteiger partial charge in [0.2, 0.25) is 0 Å². The first-order valence-corrected chi connectivity index (χ1v) is 11.5. The number of carbonyl (C=O) groups is 2. The summed E-state index contributed by atoms with van der Waals surface area (Å²) in [5.41, 5.74) is 11.6. The van der Waals surface area contributed by atoms with Gasteiger partial charge >= 0.3 is 24.3 Å². The Hall–Kier alpha value is -4.86. The van der Waals surface area contributed by atoms with E-state index in [0.29, 0.717) is 17.9 Å². The highest BCUT2D eigenvalue weighted by atomic mass is 19.4. The number of halogens is 6. The van der Waals surface area contributed by atoms with Gasteiger partial charge in [-0.1, -0.05) is 12.1 Å². The third-order valence-corrected chi connectivity index (χ3v) is 5.25. The highest BCUT2D eigenvalue weighted by Crippen LogP contribution is 2.29. The largest absolute Gasteiger partial charge is 0.493 e. The molecule has 0 fully saturated rings. The summed E-state index contributed by atoms with van der Waals surface area (Å²) in [6.45, 7) is 0. The number of fused-ring (bicyclic) bond motifs is 1. The van der Waals surface area contributed by atoms with Crippen molar-refractivity contribution in [2.45, 2.75) is 24.8 Å². The molecule has 16 heteroatoms. The van der Waals surface area contributed by atoms with E-state index in [0.717, 1.165) is 33.5 Å². The molecule has 0 saturated heterocycles. The van der Waals surface area contributed by atoms with E-state index in [1.807, 2.05) is 36.4 Å². The quantitative estimate of drug-likeness (QED) is 0.219. The number of pyridine rings is 1. The monoisotopic (exact) mass is 602 g/mol. The van der Waals surface area contributed by atoms with E-state index in [1.165, 1.54) is 0 Å². The van der Waals surface area contributed by atoms with Gasteiger partial charge in [0.1, 0.15) is 5.82 Å². The van der Waals surface area contributed by atoms with Crippen molar-refractivity contribution >= 4 is 23.0 Å². The van der Waals surface area contributed by atoms with E-state index >= 15 is 0 Å². The molecule has 2 heterocycles. The lowest BCUT2D eigenvalue weighted by molar-refractivity contribution is -0.193. The van der Waals surface area contributed by atoms with Crippen LogP contribution in [0.25, 0.3) is 22.2 Å². The molecule has 0 saturated carbocycles. The molecular weight excluding hydrogens is 578 g/mol. The number of rotatable bonds is 6. The minimum absolute atomic E-state index is 0.255. The number of alkyl halides is 6. The average Bonchev–Trinajstić information content (AvgIpc) is 3.37. The summed E-state index contributed by atoms with van der Waals surface area (Å²) in [4.78, 5) is 29.9. The molecule has 0 aliphatic rings. The lowest BCUT2D eigenvalue weighted by Gasteiger charge is -2.12. The number of ether oxygens (including phenoxy) is 2. The van der Waals surface area contributed by atoms with Crippen LogP contribution in [0, 0.1) is 0 Å². The van der Waals surface area contributed by atoms with Gasteiger partial charge in [-0.25, -0.2) is 14.6 Å². The van der Waals surface area contributed by atoms with Gasteiger partial charge in [0.25, 0.3) is 0 Å². The second-order valence-corrected chi connectivity index (χ2v) is 8.20. The maximum Gasteiger partial charge on any atom is 0.490 e. The summed E-state index contributed by atoms with van der Waals surface area (Å²) in [6.07, 6.45) is -5.95. The maximum absolute atomic E-state index is 10.6. The first-order valence-electron chi connectivity index (χ1n) is 11.5. The van der Waals surface area contributed by atoms with Crippen LogP contribution in [-0.4, -0.2) is 63.7 Å². The summed E-state index contributed by atoms with van der Waals surface area (Å²) in [5, 5.41) is 14.2. The van der Waals surface area contributed by atoms with Crippen molar-refractivity contribution < 1.29 is 55.6 Å². The molecule has 1 unspecified atom stereocenters. The minimum Gasteiger partial charge on any atom is -0.493 e. The molecule has 10 nitrogen and oxygen atoms in total. The van der Waals surface area contributed by atoms with Crippen molar-refractivity contribution in [3.63, 3.8) is 0 Å². The van der Waals surface area contributed by atoms with E-state index in [4.69, 9.17) is 35.0 Å². The minimum atomic E-state index is -5.08. The Morgan fingerprint density at radius 2 is 1.40 bits per heavy atom. The molecule has 0 aliphatic heterocycles. The highest BCUT2D eigenvalue weighted by molar-refractivity contribution is 5.82. The summed E-state index contributed by atoms with van der Waals surface area (Å²) < 4.78 is 74.1. The fraction of sp³-hybridized carbons (Fsp3) is 0.231. The maximum atomic E-state index is 10.6. The zero-order valence-electron chi connectivity index (χ0n) is 21.8. The predicted molar refractivity (Wildman–Crippen MR) is 137 cm³/mol. The summed E-state index contributed by atoms with van der Waals surface area (Å²) in [6, 6.07) is 15.7. The number of imidazole rings is 1. The topological polar surface area (TPSA) is 161 Å². The van der Waals surface area contributed by atoms with Crippen LogP contribution < -0.4 is 15.2 Å². The van der Waals surface area contributed by atoms with E-state index in [-0.39, 0.29) is 6.04 Å². The Bertz CT molecular complexity index is 1470. The highest BCUT2D eigenvalue weighted by Gasteiger charge is 2.38. The lowest BCUT2D eigenvalue weighted by Crippen LogP contribution is -2.21. The van der Waals surface area contributed by atoms with Crippen molar-refractivity contribution in [3.8, 4) is 22.6 Å². The molecule has 2 aromatic carbocycles. The number of benzene rings is 2. The van der Waals surface area contributed by atoms with Gasteiger partial charge in [-0.3, -0.25) is 4.98 Å². The third kappa shape index (κ3) is 9.65. The van der Waals surface area contributed by atoms with Crippen LogP contribution in [0.1, 0.15) is 17.4 Å². The van der Waals surface area contributed by atoms with E-state index in [2.05, 4.69) is 27.1 Å². The zero-order valence-corrected chi connectivity index (χ0v) is 21.8. The number of aromatic nitrogens is 3. The first kappa shape index (κ1) is 33.3. The number of methoxy groups -OCH3 is 2. The van der Waals surface area contributed by atoms with Crippen LogP contribution in [0.3, 0.4) is 0 Å². The van der Waals surface area contributed by atoms with Crippen LogP contribution in [-0.2, 0) is 16.0 Å². The van der Waals surface area contributed by atoms with Crippen LogP contribution in [0.5, 0.6) is 11.5 Å². The van der Waals surface area contributed by atoms with Gasteiger partial charge in [0, 0.05) is 12.4 Å². The third-order valence-electron chi connectivity index (χ3n) is 5.25. The molecule has 4 rings (SSSR count). The molecule has 226 valence electrons. The van der Waals surface area contributed by atoms with Crippen LogP contribution >= 0.6 is 0 Å². The summed E-state index contributed by atoms with van der Waals surface area (Å²) >= 11 is 0. The van der Waals surface area contributed by atoms with Crippen molar-refractivity contribution in [1.29, 1.82) is 0 Å². The zero-order chi connectivity index (χ0) is 31.7. The summed E-state index contributed by atoms with van der Waals surface area (Å²) in [5.74, 6) is -3.36. The first-order chi connectivity index (χ1) is 19.6. The number of aromatic amines is 1. The molecule has 0 radical (unpaired) electrons. The van der Waals surface area contributed by atoms with Crippen molar-refractivity contribution in [1.82, 2.24) is 15.0 Å². The van der Waals surface area contributed by atoms with Crippen molar-refractivity contribution in [2.75, 3.05) is 14.2 Å². The van der Waals surface area contributed by atoms with Crippen molar-refractivity contribution in [2.24, 2.45) is 5.73 Å². The summed E-state index contributed by atoms with van der Waals surface area (Å²) in [7, 11) is 3.25. The number of carboxylic acid groups (broad SMARTS) is 2. The van der Waals surface area contributed by atoms with Gasteiger partial charge < -0.3 is 30.4 Å².